The van der Waals surface area contributed by atoms with Gasteiger partial charge in [-0.3, -0.25) is 4.79 Å². The quantitative estimate of drug-likeness (QED) is 0.848. The van der Waals surface area contributed by atoms with E-state index in [1.54, 1.807) is 24.3 Å². The summed E-state index contributed by atoms with van der Waals surface area (Å²) in [5, 5.41) is 18.5. The molecular weight excluding hydrogens is 282 g/mol. The van der Waals surface area contributed by atoms with Crippen LogP contribution in [0.2, 0.25) is 5.02 Å². The lowest BCUT2D eigenvalue weighted by Gasteiger charge is -2.24. The minimum absolute atomic E-state index is 0.151. The molecule has 0 atom stereocenters. The zero-order valence-electron chi connectivity index (χ0n) is 10.9. The Morgan fingerprint density at radius 2 is 2.00 bits per heavy atom. The van der Waals surface area contributed by atoms with Crippen LogP contribution < -0.4 is 4.74 Å². The molecule has 2 N–H and O–H groups in total. The van der Waals surface area contributed by atoms with E-state index < -0.39 is 0 Å². The number of aliphatic hydroxyl groups excluding tert-OH is 2. The minimum Gasteiger partial charge on any atom is -0.488 e. The predicted molar refractivity (Wildman–Crippen MR) is 75.7 cm³/mol. The molecule has 0 unspecified atom stereocenters. The Morgan fingerprint density at radius 1 is 1.30 bits per heavy atom. The maximum absolute atomic E-state index is 12.3. The number of nitrogens with zero attached hydrogens (tertiary/aromatic N) is 1. The van der Waals surface area contributed by atoms with Gasteiger partial charge in [0.25, 0.3) is 5.91 Å². The van der Waals surface area contributed by atoms with Crippen molar-refractivity contribution >= 4 is 23.6 Å². The average molecular weight is 298 g/mol. The second-order valence-corrected chi connectivity index (χ2v) is 4.82. The van der Waals surface area contributed by atoms with Crippen molar-refractivity contribution in [3.8, 4) is 5.75 Å². The van der Waals surface area contributed by atoms with Crippen LogP contribution in [0.15, 0.2) is 23.8 Å². The predicted octanol–water partition coefficient (Wildman–Crippen LogP) is 0.929. The van der Waals surface area contributed by atoms with E-state index in [0.717, 1.165) is 5.56 Å². The third kappa shape index (κ3) is 3.30. The largest absolute Gasteiger partial charge is 0.488 e. The molecule has 2 rings (SSSR count). The summed E-state index contributed by atoms with van der Waals surface area (Å²) < 4.78 is 5.52. The summed E-state index contributed by atoms with van der Waals surface area (Å²) in [6.45, 7) is 0.226. The molecule has 1 aromatic carbocycles. The Labute approximate surface area is 122 Å². The van der Waals surface area contributed by atoms with Crippen molar-refractivity contribution < 1.29 is 19.7 Å². The van der Waals surface area contributed by atoms with Crippen LogP contribution in [0.3, 0.4) is 0 Å². The van der Waals surface area contributed by atoms with Gasteiger partial charge in [0, 0.05) is 23.7 Å². The number of carbonyl (C=O) groups is 1. The zero-order valence-corrected chi connectivity index (χ0v) is 11.6. The molecule has 1 amide bonds. The van der Waals surface area contributed by atoms with Crippen molar-refractivity contribution in [2.75, 3.05) is 32.9 Å². The van der Waals surface area contributed by atoms with Gasteiger partial charge >= 0.3 is 0 Å². The van der Waals surface area contributed by atoms with Crippen molar-refractivity contribution in [1.82, 2.24) is 4.90 Å². The maximum Gasteiger partial charge on any atom is 0.253 e. The minimum atomic E-state index is -0.251. The third-order valence-electron chi connectivity index (χ3n) is 2.99. The highest BCUT2D eigenvalue weighted by atomic mass is 35.5. The van der Waals surface area contributed by atoms with Crippen molar-refractivity contribution in [2.24, 2.45) is 0 Å². The maximum atomic E-state index is 12.3. The number of hydrogen-bond donors (Lipinski definition) is 2. The van der Waals surface area contributed by atoms with Gasteiger partial charge in [0.05, 0.1) is 18.8 Å². The van der Waals surface area contributed by atoms with E-state index in [0.29, 0.717) is 16.3 Å². The molecule has 20 heavy (non-hydrogen) atoms. The van der Waals surface area contributed by atoms with Gasteiger partial charge in [-0.15, -0.1) is 0 Å². The van der Waals surface area contributed by atoms with E-state index in [9.17, 15) is 4.79 Å². The first-order chi connectivity index (χ1) is 9.65. The van der Waals surface area contributed by atoms with Crippen LogP contribution in [0.1, 0.15) is 5.56 Å². The van der Waals surface area contributed by atoms with Crippen LogP contribution in [0, 0.1) is 0 Å². The average Bonchev–Trinajstić information content (AvgIpc) is 2.45. The van der Waals surface area contributed by atoms with E-state index in [1.165, 1.54) is 4.90 Å². The highest BCUT2D eigenvalue weighted by molar-refractivity contribution is 6.30. The van der Waals surface area contributed by atoms with Gasteiger partial charge in [0.1, 0.15) is 12.4 Å². The molecule has 108 valence electrons. The summed E-state index contributed by atoms with van der Waals surface area (Å²) >= 11 is 5.92. The number of amides is 1. The van der Waals surface area contributed by atoms with Crippen LogP contribution >= 0.6 is 11.6 Å². The van der Waals surface area contributed by atoms with E-state index in [1.807, 2.05) is 0 Å². The summed E-state index contributed by atoms with van der Waals surface area (Å²) in [6.07, 6.45) is 1.73. The fourth-order valence-electron chi connectivity index (χ4n) is 2.03. The van der Waals surface area contributed by atoms with Gasteiger partial charge in [-0.2, -0.15) is 0 Å². The van der Waals surface area contributed by atoms with Crippen molar-refractivity contribution in [2.45, 2.75) is 0 Å². The molecule has 0 spiro atoms. The molecule has 1 aromatic rings. The summed E-state index contributed by atoms with van der Waals surface area (Å²) in [6, 6.07) is 5.21. The van der Waals surface area contributed by atoms with E-state index in [-0.39, 0.29) is 38.8 Å². The van der Waals surface area contributed by atoms with E-state index >= 15 is 0 Å². The number of benzene rings is 1. The highest BCUT2D eigenvalue weighted by Gasteiger charge is 2.21. The Bertz CT molecular complexity index is 524. The molecule has 1 aliphatic heterocycles. The third-order valence-corrected chi connectivity index (χ3v) is 3.22. The second-order valence-electron chi connectivity index (χ2n) is 4.38. The number of hydrogen-bond acceptors (Lipinski definition) is 4. The summed E-state index contributed by atoms with van der Waals surface area (Å²) in [5.41, 5.74) is 1.22. The first-order valence-corrected chi connectivity index (χ1v) is 6.67. The molecule has 6 heteroatoms. The van der Waals surface area contributed by atoms with Gasteiger partial charge in [-0.25, -0.2) is 0 Å². The Hall–Kier alpha value is -1.56. The number of carbonyl (C=O) groups excluding carboxylic acids is 1. The normalized spacial score (nSPS) is 13.2. The summed E-state index contributed by atoms with van der Waals surface area (Å²) in [4.78, 5) is 13.7. The summed E-state index contributed by atoms with van der Waals surface area (Å²) in [5.74, 6) is 0.431. The van der Waals surface area contributed by atoms with Crippen LogP contribution in [-0.2, 0) is 4.79 Å². The zero-order chi connectivity index (χ0) is 14.5. The van der Waals surface area contributed by atoms with Crippen LogP contribution in [0.4, 0.5) is 0 Å². The molecule has 1 aliphatic rings. The fourth-order valence-corrected chi connectivity index (χ4v) is 2.21. The molecule has 0 radical (unpaired) electrons. The van der Waals surface area contributed by atoms with E-state index in [4.69, 9.17) is 26.6 Å². The van der Waals surface area contributed by atoms with E-state index in [2.05, 4.69) is 0 Å². The Morgan fingerprint density at radius 3 is 2.65 bits per heavy atom. The summed E-state index contributed by atoms with van der Waals surface area (Å²) in [7, 11) is 0. The second kappa shape index (κ2) is 6.74. The van der Waals surface area contributed by atoms with Gasteiger partial charge < -0.3 is 19.8 Å². The lowest BCUT2D eigenvalue weighted by molar-refractivity contribution is -0.128. The molecule has 0 bridgehead atoms. The highest BCUT2D eigenvalue weighted by Crippen LogP contribution is 2.29. The topological polar surface area (TPSA) is 70.0 Å². The van der Waals surface area contributed by atoms with Gasteiger partial charge in [-0.05, 0) is 24.3 Å². The van der Waals surface area contributed by atoms with Crippen molar-refractivity contribution in [1.29, 1.82) is 0 Å². The molecule has 0 saturated carbocycles. The SMILES string of the molecule is O=C(C1=Cc2cc(Cl)ccc2OC1)N(CCO)CCO. The number of rotatable bonds is 5. The van der Waals surface area contributed by atoms with Crippen LogP contribution in [-0.4, -0.2) is 53.9 Å². The van der Waals surface area contributed by atoms with Gasteiger partial charge in [0.15, 0.2) is 0 Å². The molecular formula is C14H16ClNO4. The Balaban J connectivity index is 2.22. The van der Waals surface area contributed by atoms with Gasteiger partial charge in [0.2, 0.25) is 0 Å². The number of fused-ring (bicyclic) bond motifs is 1. The van der Waals surface area contributed by atoms with Crippen molar-refractivity contribution in [3.63, 3.8) is 0 Å². The number of ether oxygens (including phenoxy) is 1. The fraction of sp³-hybridized carbons (Fsp3) is 0.357. The lowest BCUT2D eigenvalue weighted by atomic mass is 10.1. The van der Waals surface area contributed by atoms with Crippen molar-refractivity contribution in [3.05, 3.63) is 34.4 Å². The number of aliphatic hydroxyl groups is 2. The lowest BCUT2D eigenvalue weighted by Crippen LogP contribution is -2.38. The smallest absolute Gasteiger partial charge is 0.253 e. The van der Waals surface area contributed by atoms with Crippen LogP contribution in [0.25, 0.3) is 6.08 Å². The van der Waals surface area contributed by atoms with Gasteiger partial charge in [-0.1, -0.05) is 11.6 Å². The molecule has 1 heterocycles. The molecule has 0 aliphatic carbocycles. The molecule has 5 nitrogen and oxygen atoms in total. The number of halogens is 1. The monoisotopic (exact) mass is 297 g/mol. The first-order valence-electron chi connectivity index (χ1n) is 6.29. The molecule has 0 saturated heterocycles. The molecule has 0 fully saturated rings. The van der Waals surface area contributed by atoms with Crippen LogP contribution in [0.5, 0.6) is 5.75 Å². The molecule has 0 aromatic heterocycles. The Kier molecular flexibility index (Phi) is 5.00. The standard InChI is InChI=1S/C14H16ClNO4/c15-12-1-2-13-10(8-12)7-11(9-20-13)14(19)16(3-5-17)4-6-18/h1-2,7-8,17-18H,3-6,9H2. The first kappa shape index (κ1) is 14.8.